The van der Waals surface area contributed by atoms with E-state index in [1.165, 1.54) is 41.5 Å². The molecule has 3 heterocycles. The zero-order valence-electron chi connectivity index (χ0n) is 80.2. The van der Waals surface area contributed by atoms with Gasteiger partial charge < -0.3 is 103 Å². The van der Waals surface area contributed by atoms with Crippen molar-refractivity contribution in [3.05, 3.63) is 0 Å². The normalized spacial score (nSPS) is 21.4. The first-order chi connectivity index (χ1) is 63.7. The van der Waals surface area contributed by atoms with Crippen molar-refractivity contribution < 1.29 is 162 Å². The zero-order valence-corrected chi connectivity index (χ0v) is 82.7. The summed E-state index contributed by atoms with van der Waals surface area (Å²) in [6.07, 6.45) is 1.45. The molecule has 3 aliphatic rings. The number of nitrogens with zero attached hydrogens (tertiary/aromatic N) is 2. The van der Waals surface area contributed by atoms with Gasteiger partial charge in [0, 0.05) is 148 Å². The third kappa shape index (κ3) is 52.0. The second-order valence-electron chi connectivity index (χ2n) is 33.3. The van der Waals surface area contributed by atoms with Crippen molar-refractivity contribution in [1.29, 1.82) is 0 Å². The fraction of sp³-hybridized carbons (Fsp3) is 0.800. The molecule has 0 bridgehead atoms. The number of Topliss-reactive ketones (excluding diaryl/α,β-unsaturated/α-hetero) is 1. The van der Waals surface area contributed by atoms with Crippen LogP contribution in [0.1, 0.15) is 283 Å². The summed E-state index contributed by atoms with van der Waals surface area (Å²) in [5.41, 5.74) is 0. The van der Waals surface area contributed by atoms with E-state index < -0.39 is 190 Å². The summed E-state index contributed by atoms with van der Waals surface area (Å²) in [5, 5.41) is 14.0. The molecule has 762 valence electrons. The first kappa shape index (κ1) is 119. The summed E-state index contributed by atoms with van der Waals surface area (Å²) >= 11 is 5.06. The Morgan fingerprint density at radius 1 is 0.351 bits per heavy atom. The minimum atomic E-state index is -1.26. The van der Waals surface area contributed by atoms with Crippen LogP contribution in [0.2, 0.25) is 0 Å². The number of ketones is 1. The van der Waals surface area contributed by atoms with Crippen LogP contribution in [0.15, 0.2) is 0 Å². The van der Waals surface area contributed by atoms with Crippen LogP contribution in [0.5, 0.6) is 0 Å². The molecule has 16 atom stereocenters. The molecular weight excluding hydrogens is 1820 g/mol. The second-order valence-corrected chi connectivity index (χ2v) is 37.5. The fourth-order valence-corrected chi connectivity index (χ4v) is 16.6. The number of nitrogens with one attached hydrogen (secondary N) is 5. The molecule has 0 spiro atoms. The number of carbonyl (C=O) groups is 18. The minimum absolute atomic E-state index is 0.00220. The van der Waals surface area contributed by atoms with E-state index in [9.17, 15) is 86.3 Å². The van der Waals surface area contributed by atoms with Gasteiger partial charge in [-0.3, -0.25) is 71.9 Å². The molecule has 7 unspecified atom stereocenters. The van der Waals surface area contributed by atoms with E-state index in [0.717, 1.165) is 138 Å². The van der Waals surface area contributed by atoms with Gasteiger partial charge in [0.05, 0.1) is 0 Å². The van der Waals surface area contributed by atoms with Crippen molar-refractivity contribution in [3.8, 4) is 0 Å². The number of hydrogen-bond donors (Lipinski definition) is 5. The Labute approximate surface area is 794 Å². The zero-order chi connectivity index (χ0) is 99.6. The Bertz CT molecular complexity index is 3880. The van der Waals surface area contributed by atoms with Gasteiger partial charge in [-0.1, -0.05) is 96.3 Å². The Morgan fingerprint density at radius 3 is 0.948 bits per heavy atom. The third-order valence-corrected chi connectivity index (χ3v) is 22.7. The molecular formula is C90H146N7O34PS2. The summed E-state index contributed by atoms with van der Waals surface area (Å²) in [6.45, 7) is 16.6. The van der Waals surface area contributed by atoms with E-state index >= 15 is 0 Å². The Morgan fingerprint density at radius 2 is 0.642 bits per heavy atom. The molecule has 7 amide bonds. The number of rotatable bonds is 67. The molecule has 0 aliphatic carbocycles. The van der Waals surface area contributed by atoms with E-state index in [0.29, 0.717) is 57.8 Å². The van der Waals surface area contributed by atoms with Crippen LogP contribution >= 0.6 is 7.81 Å². The third-order valence-electron chi connectivity index (χ3n) is 21.4. The van der Waals surface area contributed by atoms with Crippen LogP contribution in [0.4, 0.5) is 0 Å². The Hall–Kier alpha value is -8.71. The number of carbonyl (C=O) groups excluding carboxylic acids is 18. The molecule has 134 heavy (non-hydrogen) atoms. The molecule has 0 aromatic rings. The van der Waals surface area contributed by atoms with Gasteiger partial charge in [-0.15, -0.1) is 0 Å². The summed E-state index contributed by atoms with van der Waals surface area (Å²) < 4.78 is 90.9. The topological polar surface area (TPSA) is 522 Å². The van der Waals surface area contributed by atoms with Gasteiger partial charge in [0.25, 0.3) is 0 Å². The molecule has 3 aliphatic heterocycles. The molecule has 3 saturated heterocycles. The molecule has 44 heteroatoms. The van der Waals surface area contributed by atoms with Crippen LogP contribution in [-0.4, -0.2) is 299 Å². The van der Waals surface area contributed by atoms with Gasteiger partial charge in [-0.2, -0.15) is 0 Å². The summed E-state index contributed by atoms with van der Waals surface area (Å²) in [6, 6.07) is -3.27. The van der Waals surface area contributed by atoms with Crippen LogP contribution in [0.3, 0.4) is 0 Å². The summed E-state index contributed by atoms with van der Waals surface area (Å²) in [4.78, 5) is 230. The standard InChI is InChI=1S/C90H146N7O34PS2/c1-14-70(128-77(114)43-42-69(110)56-134(132)133)87(115)97(47-37-45-92-75(112)40-31-25-19-16-22-28-34-51-117-89-79(94-58(3)99)85(126-67(12)108)82(123-64(9)105)72(130-89)54-120-61(6)102)49-38-48-96(76(113)41-32-26-20-17-23-29-35-52-118-90-80(95-59(4)100)86(127-68(13)109)83(124-65(10)106)73(131-90)55-121-62(7)103)46-36-44-91-74(111)39-30-24-18-15-21-27-33-50-116-88-78(93-57(2)98)84(125-66(11)107)81(122-63(8)104)71(129-88)53-119-60(5)101/h70-73,78-86,88-90H,14-56H2,1-13H3,(H,91,111)(H,92,112)(H,93,98)(H,94,99)(H,95,100)/t70?,71?,72?,73?,78?,79?,80?,81-,82-,83-,84+,85+,86+,88+,89+,90+/m0/s1. The smallest absolute Gasteiger partial charge is 0.463 e. The van der Waals surface area contributed by atoms with Crippen molar-refractivity contribution in [3.63, 3.8) is 0 Å². The number of unbranched alkanes of at least 4 members (excludes halogenated alkanes) is 18. The average Bonchev–Trinajstić information content (AvgIpc) is 0.794. The molecule has 0 aromatic carbocycles. The van der Waals surface area contributed by atoms with E-state index in [1.807, 2.05) is 0 Å². The van der Waals surface area contributed by atoms with Crippen molar-refractivity contribution in [1.82, 2.24) is 36.4 Å². The Kier molecular flexibility index (Phi) is 60.9. The quantitative estimate of drug-likeness (QED) is 0.0188. The monoisotopic (exact) mass is 1960 g/mol. The fourth-order valence-electron chi connectivity index (χ4n) is 15.4. The van der Waals surface area contributed by atoms with Crippen molar-refractivity contribution >= 4 is 134 Å². The number of hydrogen-bond acceptors (Lipinski definition) is 35. The summed E-state index contributed by atoms with van der Waals surface area (Å²) in [5.74, 6) is -9.73. The SMILES string of the molecule is CCC(OC(=O)CCC(=O)CS(#P)=S)C(=O)N(CCCNC(=O)CCCCCCCCCO[C@@H]1OC(COC(C)=O)[C@H](OC(C)=O)[C@H](OC(C)=O)C1NC(C)=O)CCCN(CCCNC(=O)CCCCCCCCCO[C@@H]1OC(COC(C)=O)[C@H](OC(C)=O)[C@H](OC(C)=O)C1NC(C)=O)C(=O)CCCCCCCCCO[C@@H]1OC(COC(C)=O)[C@H](OC(C)=O)[C@H](OC(C)=O)C1NC(C)=O. The predicted molar refractivity (Wildman–Crippen MR) is 485 cm³/mol. The van der Waals surface area contributed by atoms with Gasteiger partial charge in [0.15, 0.2) is 55.5 Å². The molecule has 0 saturated carbocycles. The van der Waals surface area contributed by atoms with E-state index in [2.05, 4.69) is 34.4 Å². The van der Waals surface area contributed by atoms with Crippen molar-refractivity contribution in [2.75, 3.05) is 84.7 Å². The number of amides is 7. The number of esters is 10. The van der Waals surface area contributed by atoms with E-state index in [1.54, 1.807) is 16.7 Å². The minimum Gasteiger partial charge on any atom is -0.463 e. The average molecular weight is 1970 g/mol. The molecule has 5 N–H and O–H groups in total. The summed E-state index contributed by atoms with van der Waals surface area (Å²) in [7, 11) is 3.24. The van der Waals surface area contributed by atoms with Crippen LogP contribution < -0.4 is 26.6 Å². The Balaban J connectivity index is 1.67. The van der Waals surface area contributed by atoms with Gasteiger partial charge in [-0.05, 0) is 44.9 Å². The molecule has 0 aromatic heterocycles. The van der Waals surface area contributed by atoms with Gasteiger partial charge in [0.2, 0.25) is 35.4 Å². The van der Waals surface area contributed by atoms with Gasteiger partial charge in [-0.25, -0.2) is 0 Å². The maximum atomic E-state index is 14.5. The predicted octanol–water partition coefficient (Wildman–Crippen LogP) is 6.50. The van der Waals surface area contributed by atoms with E-state index in [4.69, 9.17) is 87.0 Å². The van der Waals surface area contributed by atoms with Crippen molar-refractivity contribution in [2.24, 2.45) is 0 Å². The molecule has 3 fully saturated rings. The van der Waals surface area contributed by atoms with E-state index in [-0.39, 0.29) is 147 Å². The van der Waals surface area contributed by atoms with Gasteiger partial charge in [0.1, 0.15) is 56.3 Å². The molecule has 0 radical (unpaired) electrons. The maximum absolute atomic E-state index is 14.5. The number of ether oxygens (including phenoxy) is 16. The van der Waals surface area contributed by atoms with Crippen LogP contribution in [0, 0.1) is 0 Å². The van der Waals surface area contributed by atoms with Crippen molar-refractivity contribution in [2.45, 2.75) is 381 Å². The second kappa shape index (κ2) is 68.3. The van der Waals surface area contributed by atoms with Crippen LogP contribution in [-0.2, 0) is 182 Å². The first-order valence-electron chi connectivity index (χ1n) is 46.6. The molecule has 3 rings (SSSR count). The first-order valence-corrected chi connectivity index (χ1v) is 50.0. The van der Waals surface area contributed by atoms with Crippen LogP contribution in [0.25, 0.3) is 0 Å². The van der Waals surface area contributed by atoms with Gasteiger partial charge >= 0.3 is 187 Å². The molecule has 41 nitrogen and oxygen atoms in total.